The molecule has 5 heteroatoms. The van der Waals surface area contributed by atoms with Gasteiger partial charge in [-0.25, -0.2) is 4.39 Å². The molecule has 1 aromatic heterocycles. The molecule has 1 aromatic carbocycles. The van der Waals surface area contributed by atoms with Crippen molar-refractivity contribution in [1.29, 1.82) is 0 Å². The molecule has 0 atom stereocenters. The van der Waals surface area contributed by atoms with Crippen LogP contribution in [-0.2, 0) is 19.6 Å². The molecule has 0 saturated heterocycles. The number of furan rings is 1. The normalized spacial score (nSPS) is 10.9. The van der Waals surface area contributed by atoms with E-state index in [1.54, 1.807) is 24.3 Å². The first kappa shape index (κ1) is 14.1. The summed E-state index contributed by atoms with van der Waals surface area (Å²) in [7, 11) is 0. The van der Waals surface area contributed by atoms with Crippen molar-refractivity contribution in [3.63, 3.8) is 0 Å². The summed E-state index contributed by atoms with van der Waals surface area (Å²) >= 11 is 5.93. The fraction of sp³-hybridized carbons (Fsp3) is 0.286. The average molecular weight is 284 g/mol. The topological polar surface area (TPSA) is 45.4 Å². The molecule has 0 aliphatic carbocycles. The van der Waals surface area contributed by atoms with Crippen LogP contribution in [0.25, 0.3) is 0 Å². The van der Waals surface area contributed by atoms with E-state index in [9.17, 15) is 4.39 Å². The van der Waals surface area contributed by atoms with E-state index in [-0.39, 0.29) is 12.4 Å². The van der Waals surface area contributed by atoms with Crippen LogP contribution in [0.5, 0.6) is 0 Å². The number of aliphatic hydroxyl groups is 1. The molecule has 0 fully saturated rings. The predicted molar refractivity (Wildman–Crippen MR) is 71.5 cm³/mol. The number of halogens is 2. The van der Waals surface area contributed by atoms with Gasteiger partial charge < -0.3 is 14.8 Å². The summed E-state index contributed by atoms with van der Waals surface area (Å²) < 4.78 is 18.8. The molecule has 19 heavy (non-hydrogen) atoms. The van der Waals surface area contributed by atoms with Crippen molar-refractivity contribution in [2.75, 3.05) is 6.54 Å². The molecule has 0 saturated carbocycles. The van der Waals surface area contributed by atoms with Gasteiger partial charge in [-0.3, -0.25) is 0 Å². The molecule has 102 valence electrons. The fourth-order valence-electron chi connectivity index (χ4n) is 1.80. The minimum absolute atomic E-state index is 0.106. The molecular weight excluding hydrogens is 269 g/mol. The number of rotatable bonds is 6. The molecular formula is C14H15ClFNO2. The monoisotopic (exact) mass is 283 g/mol. The summed E-state index contributed by atoms with van der Waals surface area (Å²) in [5.74, 6) is 0.993. The first-order valence-corrected chi connectivity index (χ1v) is 6.40. The Balaban J connectivity index is 1.80. The Kier molecular flexibility index (Phi) is 4.96. The Bertz CT molecular complexity index is 522. The number of hydrogen-bond donors (Lipinski definition) is 2. The van der Waals surface area contributed by atoms with Crippen molar-refractivity contribution in [3.8, 4) is 0 Å². The Morgan fingerprint density at radius 3 is 2.68 bits per heavy atom. The van der Waals surface area contributed by atoms with E-state index in [1.807, 2.05) is 0 Å². The molecule has 0 bridgehead atoms. The molecule has 2 rings (SSSR count). The van der Waals surface area contributed by atoms with E-state index in [4.69, 9.17) is 21.1 Å². The maximum atomic E-state index is 13.5. The van der Waals surface area contributed by atoms with Crippen LogP contribution in [0.15, 0.2) is 34.7 Å². The van der Waals surface area contributed by atoms with Gasteiger partial charge in [0.15, 0.2) is 0 Å². The van der Waals surface area contributed by atoms with Crippen molar-refractivity contribution in [3.05, 3.63) is 58.3 Å². The van der Waals surface area contributed by atoms with Crippen molar-refractivity contribution >= 4 is 11.6 Å². The minimum Gasteiger partial charge on any atom is -0.462 e. The molecule has 0 aliphatic heterocycles. The van der Waals surface area contributed by atoms with E-state index >= 15 is 0 Å². The molecule has 3 nitrogen and oxygen atoms in total. The smallest absolute Gasteiger partial charge is 0.129 e. The third kappa shape index (κ3) is 3.80. The minimum atomic E-state index is -0.283. The van der Waals surface area contributed by atoms with Gasteiger partial charge in [0, 0.05) is 10.6 Å². The lowest BCUT2D eigenvalue weighted by atomic mass is 10.1. The van der Waals surface area contributed by atoms with Gasteiger partial charge in [0.2, 0.25) is 0 Å². The van der Waals surface area contributed by atoms with Crippen LogP contribution in [0.4, 0.5) is 4.39 Å². The van der Waals surface area contributed by atoms with Crippen molar-refractivity contribution in [2.24, 2.45) is 0 Å². The van der Waals surface area contributed by atoms with Crippen LogP contribution in [0.3, 0.4) is 0 Å². The van der Waals surface area contributed by atoms with E-state index in [0.717, 1.165) is 5.76 Å². The molecule has 0 spiro atoms. The highest BCUT2D eigenvalue weighted by atomic mass is 35.5. The molecule has 0 amide bonds. The summed E-state index contributed by atoms with van der Waals surface area (Å²) in [6.45, 7) is 1.02. The summed E-state index contributed by atoms with van der Waals surface area (Å²) in [5.41, 5.74) is 0.521. The van der Waals surface area contributed by atoms with E-state index in [1.165, 1.54) is 6.07 Å². The van der Waals surface area contributed by atoms with Crippen molar-refractivity contribution < 1.29 is 13.9 Å². The van der Waals surface area contributed by atoms with Crippen LogP contribution < -0.4 is 5.32 Å². The molecule has 2 aromatic rings. The molecule has 2 N–H and O–H groups in total. The highest BCUT2D eigenvalue weighted by Gasteiger charge is 2.06. The van der Waals surface area contributed by atoms with Gasteiger partial charge in [-0.15, -0.1) is 0 Å². The highest BCUT2D eigenvalue weighted by molar-refractivity contribution is 6.31. The number of nitrogens with one attached hydrogen (secondary N) is 1. The summed E-state index contributed by atoms with van der Waals surface area (Å²) in [4.78, 5) is 0. The number of hydrogen-bond acceptors (Lipinski definition) is 3. The summed E-state index contributed by atoms with van der Waals surface area (Å²) in [6.07, 6.45) is 0.513. The van der Waals surface area contributed by atoms with Gasteiger partial charge in [-0.2, -0.15) is 0 Å². The first-order valence-electron chi connectivity index (χ1n) is 6.02. The zero-order valence-electron chi connectivity index (χ0n) is 10.3. The summed E-state index contributed by atoms with van der Waals surface area (Å²) in [5, 5.41) is 12.4. The van der Waals surface area contributed by atoms with Crippen LogP contribution in [0, 0.1) is 5.82 Å². The first-order chi connectivity index (χ1) is 9.20. The zero-order chi connectivity index (χ0) is 13.7. The average Bonchev–Trinajstić information content (AvgIpc) is 2.85. The van der Waals surface area contributed by atoms with Crippen LogP contribution in [0.2, 0.25) is 5.02 Å². The number of aliphatic hydroxyl groups excluding tert-OH is 1. The van der Waals surface area contributed by atoms with Crippen molar-refractivity contribution in [2.45, 2.75) is 19.6 Å². The van der Waals surface area contributed by atoms with E-state index < -0.39 is 0 Å². The lowest BCUT2D eigenvalue weighted by molar-refractivity contribution is 0.243. The second-order valence-electron chi connectivity index (χ2n) is 4.15. The fourth-order valence-corrected chi connectivity index (χ4v) is 2.06. The quantitative estimate of drug-likeness (QED) is 0.801. The Morgan fingerprint density at radius 2 is 2.00 bits per heavy atom. The Labute approximate surface area is 116 Å². The van der Waals surface area contributed by atoms with Crippen molar-refractivity contribution in [1.82, 2.24) is 5.32 Å². The van der Waals surface area contributed by atoms with Gasteiger partial charge in [0.05, 0.1) is 6.54 Å². The molecule has 0 unspecified atom stereocenters. The zero-order valence-corrected chi connectivity index (χ0v) is 11.1. The van der Waals surface area contributed by atoms with Gasteiger partial charge in [-0.05, 0) is 37.2 Å². The van der Waals surface area contributed by atoms with Gasteiger partial charge in [-0.1, -0.05) is 17.7 Å². The van der Waals surface area contributed by atoms with Gasteiger partial charge in [0.1, 0.15) is 23.9 Å². The lowest BCUT2D eigenvalue weighted by Gasteiger charge is -2.06. The van der Waals surface area contributed by atoms with E-state index in [2.05, 4.69) is 5.32 Å². The van der Waals surface area contributed by atoms with Gasteiger partial charge >= 0.3 is 0 Å². The third-order valence-corrected chi connectivity index (χ3v) is 3.14. The van der Waals surface area contributed by atoms with Crippen LogP contribution in [0.1, 0.15) is 17.1 Å². The second kappa shape index (κ2) is 6.70. The standard InChI is InChI=1S/C14H15ClFNO2/c15-13-2-1-3-14(16)12(13)6-7-17-8-10-4-5-11(9-18)19-10/h1-5,17-18H,6-9H2. The Hall–Kier alpha value is -1.36. The lowest BCUT2D eigenvalue weighted by Crippen LogP contribution is -2.17. The summed E-state index contributed by atoms with van der Waals surface area (Å²) in [6, 6.07) is 8.20. The highest BCUT2D eigenvalue weighted by Crippen LogP contribution is 2.19. The van der Waals surface area contributed by atoms with Crippen LogP contribution in [-0.4, -0.2) is 11.7 Å². The Morgan fingerprint density at radius 1 is 1.21 bits per heavy atom. The largest absolute Gasteiger partial charge is 0.462 e. The number of benzene rings is 1. The molecule has 0 radical (unpaired) electrons. The van der Waals surface area contributed by atoms with Crippen LogP contribution >= 0.6 is 11.6 Å². The SMILES string of the molecule is OCc1ccc(CNCCc2c(F)cccc2Cl)o1. The second-order valence-corrected chi connectivity index (χ2v) is 4.56. The maximum Gasteiger partial charge on any atom is 0.129 e. The van der Waals surface area contributed by atoms with Gasteiger partial charge in [0.25, 0.3) is 0 Å². The maximum absolute atomic E-state index is 13.5. The molecule has 1 heterocycles. The third-order valence-electron chi connectivity index (χ3n) is 2.79. The molecule has 0 aliphatic rings. The predicted octanol–water partition coefficient (Wildman–Crippen LogP) is 2.90. The van der Waals surface area contributed by atoms with E-state index in [0.29, 0.717) is 35.9 Å².